The van der Waals surface area contributed by atoms with Crippen LogP contribution in [0.25, 0.3) is 0 Å². The van der Waals surface area contributed by atoms with Gasteiger partial charge in [0.15, 0.2) is 0 Å². The van der Waals surface area contributed by atoms with Crippen molar-refractivity contribution in [3.8, 4) is 0 Å². The molecule has 0 aliphatic carbocycles. The fourth-order valence-corrected chi connectivity index (χ4v) is 4.26. The second-order valence-corrected chi connectivity index (χ2v) is 8.07. The van der Waals surface area contributed by atoms with E-state index in [-0.39, 0.29) is 17.6 Å². The Morgan fingerprint density at radius 2 is 1.93 bits per heavy atom. The number of nitrogens with zero attached hydrogens (tertiary/aromatic N) is 3. The van der Waals surface area contributed by atoms with E-state index in [1.807, 2.05) is 35.2 Å². The van der Waals surface area contributed by atoms with Gasteiger partial charge in [-0.05, 0) is 17.5 Å². The number of ether oxygens (including phenoxy) is 1. The molecule has 2 N–H and O–H groups in total. The Labute approximate surface area is 166 Å². The molecule has 1 amide bonds. The Morgan fingerprint density at radius 1 is 1.18 bits per heavy atom. The summed E-state index contributed by atoms with van der Waals surface area (Å²) in [6.45, 7) is 6.12. The monoisotopic (exact) mass is 380 g/mol. The van der Waals surface area contributed by atoms with Crippen molar-refractivity contribution in [1.29, 1.82) is 0 Å². The Kier molecular flexibility index (Phi) is 5.22. The molecule has 28 heavy (non-hydrogen) atoms. The summed E-state index contributed by atoms with van der Waals surface area (Å²) >= 11 is 0. The van der Waals surface area contributed by atoms with Gasteiger partial charge in [0.25, 0.3) is 0 Å². The minimum atomic E-state index is -0.343. The Morgan fingerprint density at radius 3 is 2.64 bits per heavy atom. The number of nitrogens with two attached hydrogens (primary N) is 1. The normalized spacial score (nSPS) is 20.3. The minimum absolute atomic E-state index is 0.173. The molecule has 0 saturated carbocycles. The van der Waals surface area contributed by atoms with E-state index in [1.54, 1.807) is 6.20 Å². The molecule has 6 heteroatoms. The van der Waals surface area contributed by atoms with Crippen molar-refractivity contribution in [2.45, 2.75) is 37.8 Å². The fourth-order valence-electron chi connectivity index (χ4n) is 4.26. The van der Waals surface area contributed by atoms with Crippen LogP contribution in [-0.2, 0) is 11.3 Å². The van der Waals surface area contributed by atoms with Crippen molar-refractivity contribution in [2.75, 3.05) is 31.9 Å². The van der Waals surface area contributed by atoms with Crippen LogP contribution in [0.2, 0.25) is 0 Å². The maximum absolute atomic E-state index is 12.5. The van der Waals surface area contributed by atoms with Crippen LogP contribution >= 0.6 is 0 Å². The maximum atomic E-state index is 12.5. The standard InChI is InChI=1S/C22H28N4O2/c1-17(18-6-3-2-4-7-18)14-26-16-22(28-21(26)27)9-12-25(13-10-22)15-19-8-5-11-24-20(19)23/h2-8,11,17H,9-10,12-16H2,1H3,(H2,23,24)/t17-/m1/s1. The molecule has 4 rings (SSSR count). The van der Waals surface area contributed by atoms with Crippen LogP contribution in [0.4, 0.5) is 10.6 Å². The van der Waals surface area contributed by atoms with Crippen LogP contribution < -0.4 is 5.73 Å². The largest absolute Gasteiger partial charge is 0.441 e. The Balaban J connectivity index is 1.33. The number of amides is 1. The molecule has 2 aliphatic heterocycles. The average Bonchev–Trinajstić information content (AvgIpc) is 3.01. The second kappa shape index (κ2) is 7.80. The number of carbonyl (C=O) groups excluding carboxylic acids is 1. The van der Waals surface area contributed by atoms with Gasteiger partial charge in [-0.1, -0.05) is 43.3 Å². The molecule has 0 radical (unpaired) electrons. The molecule has 6 nitrogen and oxygen atoms in total. The number of carbonyl (C=O) groups is 1. The number of nitrogen functional groups attached to an aromatic ring is 1. The summed E-state index contributed by atoms with van der Waals surface area (Å²) in [4.78, 5) is 20.9. The predicted octanol–water partition coefficient (Wildman–Crippen LogP) is 3.25. The average molecular weight is 380 g/mol. The Hall–Kier alpha value is -2.60. The summed E-state index contributed by atoms with van der Waals surface area (Å²) in [5, 5.41) is 0. The fraction of sp³-hybridized carbons (Fsp3) is 0.455. The molecule has 2 saturated heterocycles. The third kappa shape index (κ3) is 3.97. The van der Waals surface area contributed by atoms with Gasteiger partial charge in [-0.2, -0.15) is 0 Å². The van der Waals surface area contributed by atoms with E-state index < -0.39 is 0 Å². The number of hydrogen-bond donors (Lipinski definition) is 1. The number of benzene rings is 1. The van der Waals surface area contributed by atoms with Crippen LogP contribution in [-0.4, -0.2) is 52.7 Å². The minimum Gasteiger partial charge on any atom is -0.441 e. The number of anilines is 1. The zero-order chi connectivity index (χ0) is 19.6. The maximum Gasteiger partial charge on any atom is 0.410 e. The van der Waals surface area contributed by atoms with Gasteiger partial charge < -0.3 is 15.4 Å². The highest BCUT2D eigenvalue weighted by molar-refractivity contribution is 5.71. The molecule has 1 atom stereocenters. The first-order valence-electron chi connectivity index (χ1n) is 9.99. The first-order chi connectivity index (χ1) is 13.5. The van der Waals surface area contributed by atoms with Gasteiger partial charge in [0.1, 0.15) is 11.4 Å². The molecule has 1 aromatic carbocycles. The lowest BCUT2D eigenvalue weighted by molar-refractivity contribution is -0.00120. The molecule has 1 aromatic heterocycles. The molecular formula is C22H28N4O2. The molecule has 2 aromatic rings. The SMILES string of the molecule is C[C@H](CN1CC2(CCN(Cc3cccnc3N)CC2)OC1=O)c1ccccc1. The third-order valence-electron chi connectivity index (χ3n) is 5.99. The third-order valence-corrected chi connectivity index (χ3v) is 5.99. The van der Waals surface area contributed by atoms with Crippen LogP contribution in [0.1, 0.15) is 36.8 Å². The molecular weight excluding hydrogens is 352 g/mol. The van der Waals surface area contributed by atoms with Gasteiger partial charge in [0.05, 0.1) is 6.54 Å². The highest BCUT2D eigenvalue weighted by atomic mass is 16.6. The lowest BCUT2D eigenvalue weighted by Gasteiger charge is -2.37. The first-order valence-corrected chi connectivity index (χ1v) is 9.99. The number of pyridine rings is 1. The smallest absolute Gasteiger partial charge is 0.410 e. The van der Waals surface area contributed by atoms with E-state index in [4.69, 9.17) is 10.5 Å². The number of aromatic nitrogens is 1. The number of hydrogen-bond acceptors (Lipinski definition) is 5. The van der Waals surface area contributed by atoms with Crippen molar-refractivity contribution in [1.82, 2.24) is 14.8 Å². The van der Waals surface area contributed by atoms with E-state index in [0.717, 1.165) is 38.0 Å². The van der Waals surface area contributed by atoms with E-state index in [9.17, 15) is 4.79 Å². The van der Waals surface area contributed by atoms with Gasteiger partial charge >= 0.3 is 6.09 Å². The zero-order valence-corrected chi connectivity index (χ0v) is 16.4. The topological polar surface area (TPSA) is 71.7 Å². The van der Waals surface area contributed by atoms with E-state index in [0.29, 0.717) is 18.9 Å². The molecule has 3 heterocycles. The van der Waals surface area contributed by atoms with Crippen LogP contribution in [0, 0.1) is 0 Å². The van der Waals surface area contributed by atoms with Gasteiger partial charge in [-0.25, -0.2) is 9.78 Å². The molecule has 1 spiro atoms. The molecule has 2 fully saturated rings. The molecule has 2 aliphatic rings. The van der Waals surface area contributed by atoms with Gasteiger partial charge in [0.2, 0.25) is 0 Å². The van der Waals surface area contributed by atoms with Crippen molar-refractivity contribution in [2.24, 2.45) is 0 Å². The van der Waals surface area contributed by atoms with Crippen molar-refractivity contribution in [3.63, 3.8) is 0 Å². The summed E-state index contributed by atoms with van der Waals surface area (Å²) in [7, 11) is 0. The van der Waals surface area contributed by atoms with Gasteiger partial charge in [-0.3, -0.25) is 4.90 Å². The Bertz CT molecular complexity index is 818. The summed E-state index contributed by atoms with van der Waals surface area (Å²) in [5.74, 6) is 0.883. The summed E-state index contributed by atoms with van der Waals surface area (Å²) in [6.07, 6.45) is 3.25. The van der Waals surface area contributed by atoms with E-state index >= 15 is 0 Å². The lowest BCUT2D eigenvalue weighted by atomic mass is 9.90. The quantitative estimate of drug-likeness (QED) is 0.862. The number of piperidine rings is 1. The second-order valence-electron chi connectivity index (χ2n) is 8.07. The first kappa shape index (κ1) is 18.7. The molecule has 0 bridgehead atoms. The molecule has 0 unspecified atom stereocenters. The van der Waals surface area contributed by atoms with Crippen molar-refractivity contribution in [3.05, 3.63) is 59.8 Å². The number of rotatable bonds is 5. The van der Waals surface area contributed by atoms with E-state index in [2.05, 4.69) is 28.9 Å². The highest BCUT2D eigenvalue weighted by Gasteiger charge is 2.47. The van der Waals surface area contributed by atoms with Gasteiger partial charge in [-0.15, -0.1) is 0 Å². The summed E-state index contributed by atoms with van der Waals surface area (Å²) in [6, 6.07) is 14.3. The van der Waals surface area contributed by atoms with E-state index in [1.165, 1.54) is 5.56 Å². The summed E-state index contributed by atoms with van der Waals surface area (Å²) in [5.41, 5.74) is 7.93. The lowest BCUT2D eigenvalue weighted by Crippen LogP contribution is -2.46. The highest BCUT2D eigenvalue weighted by Crippen LogP contribution is 2.35. The van der Waals surface area contributed by atoms with Crippen molar-refractivity contribution >= 4 is 11.9 Å². The number of likely N-dealkylation sites (tertiary alicyclic amines) is 1. The van der Waals surface area contributed by atoms with Crippen LogP contribution in [0.3, 0.4) is 0 Å². The zero-order valence-electron chi connectivity index (χ0n) is 16.4. The predicted molar refractivity (Wildman–Crippen MR) is 109 cm³/mol. The van der Waals surface area contributed by atoms with Crippen LogP contribution in [0.5, 0.6) is 0 Å². The van der Waals surface area contributed by atoms with Crippen molar-refractivity contribution < 1.29 is 9.53 Å². The summed E-state index contributed by atoms with van der Waals surface area (Å²) < 4.78 is 5.88. The van der Waals surface area contributed by atoms with Crippen LogP contribution in [0.15, 0.2) is 48.7 Å². The molecule has 148 valence electrons. The van der Waals surface area contributed by atoms with Gasteiger partial charge in [0, 0.05) is 50.8 Å².